The van der Waals surface area contributed by atoms with E-state index in [0.29, 0.717) is 0 Å². The van der Waals surface area contributed by atoms with E-state index in [1.807, 2.05) is 24.0 Å². The molecule has 0 radical (unpaired) electrons. The minimum absolute atomic E-state index is 0.00558. The van der Waals surface area contributed by atoms with Crippen molar-refractivity contribution in [1.29, 1.82) is 0 Å². The number of aryl methyl sites for hydroxylation is 3. The number of piperazine rings is 1. The molecule has 0 bridgehead atoms. The Morgan fingerprint density at radius 1 is 0.920 bits per heavy atom. The number of hydrogen-bond donors (Lipinski definition) is 1. The van der Waals surface area contributed by atoms with Crippen LogP contribution in [0.25, 0.3) is 0 Å². The summed E-state index contributed by atoms with van der Waals surface area (Å²) in [4.78, 5) is 16.9. The number of hydrogen-bond acceptors (Lipinski definition) is 2. The van der Waals surface area contributed by atoms with E-state index in [1.54, 1.807) is 0 Å². The minimum atomic E-state index is -0.00558. The molecule has 0 spiro atoms. The van der Waals surface area contributed by atoms with Crippen molar-refractivity contribution in [2.75, 3.05) is 36.4 Å². The predicted molar refractivity (Wildman–Crippen MR) is 105 cm³/mol. The third-order valence-electron chi connectivity index (χ3n) is 5.11. The fraction of sp³-hybridized carbons (Fsp3) is 0.381. The Bertz CT molecular complexity index is 777. The van der Waals surface area contributed by atoms with Crippen LogP contribution in [-0.4, -0.2) is 37.1 Å². The molecule has 2 aromatic carbocycles. The van der Waals surface area contributed by atoms with Crippen molar-refractivity contribution in [1.82, 2.24) is 4.90 Å². The van der Waals surface area contributed by atoms with Crippen LogP contribution in [0.2, 0.25) is 0 Å². The molecule has 4 heteroatoms. The van der Waals surface area contributed by atoms with Crippen molar-refractivity contribution >= 4 is 17.4 Å². The molecule has 0 unspecified atom stereocenters. The zero-order chi connectivity index (χ0) is 18.0. The van der Waals surface area contributed by atoms with Gasteiger partial charge in [0, 0.05) is 37.6 Å². The average molecular weight is 337 g/mol. The van der Waals surface area contributed by atoms with Gasteiger partial charge in [-0.1, -0.05) is 29.8 Å². The fourth-order valence-corrected chi connectivity index (χ4v) is 3.39. The molecule has 25 heavy (non-hydrogen) atoms. The van der Waals surface area contributed by atoms with Gasteiger partial charge in [-0.15, -0.1) is 0 Å². The molecule has 0 atom stereocenters. The first-order valence-electron chi connectivity index (χ1n) is 8.90. The van der Waals surface area contributed by atoms with E-state index in [1.165, 1.54) is 22.4 Å². The quantitative estimate of drug-likeness (QED) is 0.888. The molecule has 132 valence electrons. The Morgan fingerprint density at radius 2 is 1.64 bits per heavy atom. The standard InChI is InChI=1S/C21H27N3O/c1-15-8-9-20(17(3)14-15)23-10-12-24(13-11-23)21(25)22-19-7-5-6-16(2)18(19)4/h5-9,14H,10-13H2,1-4H3,(H,22,25). The monoisotopic (exact) mass is 337 g/mol. The van der Waals surface area contributed by atoms with Crippen LogP contribution < -0.4 is 10.2 Å². The molecule has 0 aliphatic carbocycles. The number of anilines is 2. The number of benzene rings is 2. The number of carbonyl (C=O) groups is 1. The summed E-state index contributed by atoms with van der Waals surface area (Å²) in [5.41, 5.74) is 7.09. The van der Waals surface area contributed by atoms with Gasteiger partial charge in [-0.2, -0.15) is 0 Å². The second-order valence-corrected chi connectivity index (χ2v) is 6.94. The average Bonchev–Trinajstić information content (AvgIpc) is 2.59. The number of urea groups is 1. The zero-order valence-electron chi connectivity index (χ0n) is 15.6. The lowest BCUT2D eigenvalue weighted by atomic mass is 10.1. The molecule has 0 saturated carbocycles. The molecular formula is C21H27N3O. The van der Waals surface area contributed by atoms with E-state index >= 15 is 0 Å². The summed E-state index contributed by atoms with van der Waals surface area (Å²) in [7, 11) is 0. The molecule has 1 heterocycles. The number of amides is 2. The van der Waals surface area contributed by atoms with E-state index in [0.717, 1.165) is 37.4 Å². The highest BCUT2D eigenvalue weighted by Gasteiger charge is 2.22. The van der Waals surface area contributed by atoms with Crippen LogP contribution in [0.4, 0.5) is 16.2 Å². The van der Waals surface area contributed by atoms with E-state index in [2.05, 4.69) is 55.3 Å². The number of rotatable bonds is 2. The summed E-state index contributed by atoms with van der Waals surface area (Å²) in [5, 5.41) is 3.06. The van der Waals surface area contributed by atoms with E-state index < -0.39 is 0 Å². The summed E-state index contributed by atoms with van der Waals surface area (Å²) in [5.74, 6) is 0. The second-order valence-electron chi connectivity index (χ2n) is 6.94. The van der Waals surface area contributed by atoms with Crippen LogP contribution in [0.5, 0.6) is 0 Å². The summed E-state index contributed by atoms with van der Waals surface area (Å²) in [6, 6.07) is 12.6. The lowest BCUT2D eigenvalue weighted by Gasteiger charge is -2.37. The van der Waals surface area contributed by atoms with Crippen molar-refractivity contribution < 1.29 is 4.79 Å². The molecule has 0 aromatic heterocycles. The Balaban J connectivity index is 1.62. The molecule has 1 aliphatic heterocycles. The summed E-state index contributed by atoms with van der Waals surface area (Å²) in [6.45, 7) is 11.6. The van der Waals surface area contributed by atoms with E-state index in [9.17, 15) is 4.79 Å². The Labute approximate surface area is 150 Å². The van der Waals surface area contributed by atoms with Crippen LogP contribution in [0, 0.1) is 27.7 Å². The van der Waals surface area contributed by atoms with E-state index in [-0.39, 0.29) is 6.03 Å². The maximum Gasteiger partial charge on any atom is 0.321 e. The van der Waals surface area contributed by atoms with Crippen LogP contribution in [-0.2, 0) is 0 Å². The largest absolute Gasteiger partial charge is 0.368 e. The van der Waals surface area contributed by atoms with Gasteiger partial charge in [0.1, 0.15) is 0 Å². The van der Waals surface area contributed by atoms with Gasteiger partial charge in [0.25, 0.3) is 0 Å². The van der Waals surface area contributed by atoms with Gasteiger partial charge in [-0.25, -0.2) is 4.79 Å². The molecule has 3 rings (SSSR count). The smallest absolute Gasteiger partial charge is 0.321 e. The zero-order valence-corrected chi connectivity index (χ0v) is 15.6. The minimum Gasteiger partial charge on any atom is -0.368 e. The third kappa shape index (κ3) is 3.78. The lowest BCUT2D eigenvalue weighted by Crippen LogP contribution is -2.50. The number of carbonyl (C=O) groups excluding carboxylic acids is 1. The van der Waals surface area contributed by atoms with Crippen LogP contribution in [0.15, 0.2) is 36.4 Å². The highest BCUT2D eigenvalue weighted by atomic mass is 16.2. The normalized spacial score (nSPS) is 14.6. The number of nitrogens with zero attached hydrogens (tertiary/aromatic N) is 2. The van der Waals surface area contributed by atoms with Crippen molar-refractivity contribution in [2.24, 2.45) is 0 Å². The maximum absolute atomic E-state index is 12.6. The first-order valence-corrected chi connectivity index (χ1v) is 8.90. The van der Waals surface area contributed by atoms with Crippen LogP contribution in [0.3, 0.4) is 0 Å². The highest BCUT2D eigenvalue weighted by molar-refractivity contribution is 5.90. The molecule has 1 saturated heterocycles. The Hall–Kier alpha value is -2.49. The molecule has 1 aliphatic rings. The Kier molecular flexibility index (Phi) is 4.98. The number of nitrogens with one attached hydrogen (secondary N) is 1. The first-order chi connectivity index (χ1) is 12.0. The SMILES string of the molecule is Cc1ccc(N2CCN(C(=O)Nc3cccc(C)c3C)CC2)c(C)c1. The van der Waals surface area contributed by atoms with Crippen molar-refractivity contribution in [3.05, 3.63) is 58.7 Å². The molecule has 2 amide bonds. The molecule has 1 N–H and O–H groups in total. The summed E-state index contributed by atoms with van der Waals surface area (Å²) < 4.78 is 0. The third-order valence-corrected chi connectivity index (χ3v) is 5.11. The molecular weight excluding hydrogens is 310 g/mol. The summed E-state index contributed by atoms with van der Waals surface area (Å²) in [6.07, 6.45) is 0. The first kappa shape index (κ1) is 17.3. The van der Waals surface area contributed by atoms with Crippen LogP contribution in [0.1, 0.15) is 22.3 Å². The van der Waals surface area contributed by atoms with E-state index in [4.69, 9.17) is 0 Å². The molecule has 2 aromatic rings. The molecule has 4 nitrogen and oxygen atoms in total. The van der Waals surface area contributed by atoms with Gasteiger partial charge in [0.05, 0.1) is 0 Å². The highest BCUT2D eigenvalue weighted by Crippen LogP contribution is 2.23. The lowest BCUT2D eigenvalue weighted by molar-refractivity contribution is 0.208. The van der Waals surface area contributed by atoms with Gasteiger partial charge in [-0.3, -0.25) is 0 Å². The van der Waals surface area contributed by atoms with Gasteiger partial charge in [-0.05, 0) is 56.5 Å². The van der Waals surface area contributed by atoms with Crippen LogP contribution >= 0.6 is 0 Å². The molecule has 1 fully saturated rings. The fourth-order valence-electron chi connectivity index (χ4n) is 3.39. The van der Waals surface area contributed by atoms with Gasteiger partial charge < -0.3 is 15.1 Å². The maximum atomic E-state index is 12.6. The summed E-state index contributed by atoms with van der Waals surface area (Å²) >= 11 is 0. The van der Waals surface area contributed by atoms with Gasteiger partial charge in [0.2, 0.25) is 0 Å². The van der Waals surface area contributed by atoms with Crippen molar-refractivity contribution in [2.45, 2.75) is 27.7 Å². The van der Waals surface area contributed by atoms with Crippen molar-refractivity contribution in [3.8, 4) is 0 Å². The second kappa shape index (κ2) is 7.18. The van der Waals surface area contributed by atoms with Gasteiger partial charge in [0.15, 0.2) is 0 Å². The predicted octanol–water partition coefficient (Wildman–Crippen LogP) is 4.27. The Morgan fingerprint density at radius 3 is 2.32 bits per heavy atom. The topological polar surface area (TPSA) is 35.6 Å². The van der Waals surface area contributed by atoms with Crippen molar-refractivity contribution in [3.63, 3.8) is 0 Å². The van der Waals surface area contributed by atoms with Gasteiger partial charge >= 0.3 is 6.03 Å².